The molecule has 4 heteroatoms. The van der Waals surface area contributed by atoms with E-state index < -0.39 is 5.91 Å². The van der Waals surface area contributed by atoms with Crippen molar-refractivity contribution >= 4 is 11.7 Å². The Balaban J connectivity index is 2.98. The third-order valence-corrected chi connectivity index (χ3v) is 2.14. The van der Waals surface area contributed by atoms with E-state index in [-0.39, 0.29) is 11.3 Å². The number of nitriles is 1. The van der Waals surface area contributed by atoms with Gasteiger partial charge in [0, 0.05) is 5.56 Å². The van der Waals surface area contributed by atoms with Crippen molar-refractivity contribution in [1.29, 1.82) is 5.26 Å². The maximum atomic E-state index is 10.7. The first-order valence-electron chi connectivity index (χ1n) is 4.92. The summed E-state index contributed by atoms with van der Waals surface area (Å²) < 4.78 is 0. The predicted molar refractivity (Wildman–Crippen MR) is 64.7 cm³/mol. The maximum absolute atomic E-state index is 10.7. The number of nitrogens with two attached hydrogens (primary N) is 1. The van der Waals surface area contributed by atoms with Crippen LogP contribution in [0.2, 0.25) is 0 Å². The highest BCUT2D eigenvalue weighted by molar-refractivity contribution is 5.96. The van der Waals surface area contributed by atoms with Gasteiger partial charge in [0.2, 0.25) is 0 Å². The van der Waals surface area contributed by atoms with Crippen LogP contribution < -0.4 is 5.73 Å². The van der Waals surface area contributed by atoms with Gasteiger partial charge in [-0.1, -0.05) is 29.8 Å². The third kappa shape index (κ3) is 3.50. The molecule has 1 amide bonds. The normalized spacial score (nSPS) is 12.0. The minimum atomic E-state index is -0.819. The summed E-state index contributed by atoms with van der Waals surface area (Å²) in [7, 11) is 0. The molecule has 1 aromatic carbocycles. The number of allylic oxidation sites excluding steroid dienone is 2. The van der Waals surface area contributed by atoms with Gasteiger partial charge in [0.05, 0.1) is 0 Å². The van der Waals surface area contributed by atoms with Crippen molar-refractivity contribution in [3.05, 3.63) is 53.1 Å². The molecule has 0 saturated heterocycles. The molecule has 0 saturated carbocycles. The predicted octanol–water partition coefficient (Wildman–Crippen LogP) is 1.83. The van der Waals surface area contributed by atoms with E-state index in [0.29, 0.717) is 5.56 Å². The summed E-state index contributed by atoms with van der Waals surface area (Å²) >= 11 is 0. The van der Waals surface area contributed by atoms with E-state index >= 15 is 0 Å². The maximum Gasteiger partial charge on any atom is 0.259 e. The average molecular weight is 228 g/mol. The Hall–Kier alpha value is -2.54. The molecule has 0 aliphatic carbocycles. The summed E-state index contributed by atoms with van der Waals surface area (Å²) in [5, 5.41) is 18.3. The molecule has 0 unspecified atom stereocenters. The Morgan fingerprint density at radius 2 is 1.94 bits per heavy atom. The molecular formula is C13H12N2O2. The molecule has 17 heavy (non-hydrogen) atoms. The molecule has 1 rings (SSSR count). The van der Waals surface area contributed by atoms with Gasteiger partial charge in [-0.2, -0.15) is 5.26 Å². The fraction of sp³-hybridized carbons (Fsp3) is 0.0769. The van der Waals surface area contributed by atoms with Gasteiger partial charge in [-0.25, -0.2) is 0 Å². The van der Waals surface area contributed by atoms with Crippen molar-refractivity contribution in [3.63, 3.8) is 0 Å². The number of amides is 1. The molecular weight excluding hydrogens is 216 g/mol. The minimum absolute atomic E-state index is 0.0287. The van der Waals surface area contributed by atoms with Crippen LogP contribution in [0.15, 0.2) is 42.0 Å². The van der Waals surface area contributed by atoms with E-state index in [4.69, 9.17) is 11.0 Å². The lowest BCUT2D eigenvalue weighted by molar-refractivity contribution is -0.114. The Morgan fingerprint density at radius 3 is 2.41 bits per heavy atom. The van der Waals surface area contributed by atoms with Gasteiger partial charge in [-0.3, -0.25) is 4.79 Å². The molecule has 3 N–H and O–H groups in total. The van der Waals surface area contributed by atoms with E-state index in [9.17, 15) is 9.90 Å². The topological polar surface area (TPSA) is 87.1 Å². The van der Waals surface area contributed by atoms with Crippen LogP contribution in [0, 0.1) is 18.3 Å². The summed E-state index contributed by atoms with van der Waals surface area (Å²) in [4.78, 5) is 10.7. The Kier molecular flexibility index (Phi) is 4.07. The number of primary amides is 1. The molecule has 0 heterocycles. The van der Waals surface area contributed by atoms with Crippen molar-refractivity contribution in [2.45, 2.75) is 6.92 Å². The molecule has 0 bridgehead atoms. The molecule has 1 aromatic rings. The first-order valence-corrected chi connectivity index (χ1v) is 4.92. The smallest absolute Gasteiger partial charge is 0.259 e. The summed E-state index contributed by atoms with van der Waals surface area (Å²) in [6.45, 7) is 1.94. The third-order valence-electron chi connectivity index (χ3n) is 2.14. The first-order chi connectivity index (χ1) is 8.04. The highest BCUT2D eigenvalue weighted by Gasteiger charge is 2.02. The molecule has 0 fully saturated rings. The van der Waals surface area contributed by atoms with Crippen LogP contribution in [0.3, 0.4) is 0 Å². The fourth-order valence-electron chi connectivity index (χ4n) is 1.16. The summed E-state index contributed by atoms with van der Waals surface area (Å²) in [5.74, 6) is -0.848. The number of aliphatic hydroxyl groups is 1. The number of benzene rings is 1. The van der Waals surface area contributed by atoms with Crippen molar-refractivity contribution in [2.24, 2.45) is 5.73 Å². The molecule has 4 nitrogen and oxygen atoms in total. The molecule has 0 atom stereocenters. The van der Waals surface area contributed by atoms with E-state index in [0.717, 1.165) is 5.56 Å². The van der Waals surface area contributed by atoms with Crippen LogP contribution in [0.4, 0.5) is 0 Å². The Bertz CT molecular complexity index is 519. The molecule has 0 aliphatic heterocycles. The van der Waals surface area contributed by atoms with Crippen LogP contribution in [0.25, 0.3) is 5.76 Å². The number of nitrogens with zero attached hydrogens (tertiary/aromatic N) is 1. The van der Waals surface area contributed by atoms with E-state index in [1.807, 2.05) is 19.1 Å². The molecule has 0 aromatic heterocycles. The lowest BCUT2D eigenvalue weighted by atomic mass is 10.1. The van der Waals surface area contributed by atoms with Crippen LogP contribution >= 0.6 is 0 Å². The van der Waals surface area contributed by atoms with Crippen molar-refractivity contribution < 1.29 is 9.90 Å². The monoisotopic (exact) mass is 228 g/mol. The number of aliphatic hydroxyl groups excluding tert-OH is 1. The second-order valence-corrected chi connectivity index (χ2v) is 3.47. The van der Waals surface area contributed by atoms with E-state index in [1.54, 1.807) is 18.2 Å². The highest BCUT2D eigenvalue weighted by atomic mass is 16.3. The number of carbonyl (C=O) groups is 1. The van der Waals surface area contributed by atoms with E-state index in [1.165, 1.54) is 12.2 Å². The standard InChI is InChI=1S/C13H12N2O2/c1-9-2-4-10(5-3-9)12(16)7-6-11(8-14)13(15)17/h2-7,16H,1H3,(H2,15,17). The van der Waals surface area contributed by atoms with Gasteiger partial charge in [0.25, 0.3) is 5.91 Å². The van der Waals surface area contributed by atoms with Crippen LogP contribution in [0.1, 0.15) is 11.1 Å². The van der Waals surface area contributed by atoms with Crippen molar-refractivity contribution in [2.75, 3.05) is 0 Å². The zero-order chi connectivity index (χ0) is 12.8. The van der Waals surface area contributed by atoms with Gasteiger partial charge in [0.1, 0.15) is 17.4 Å². The molecule has 86 valence electrons. The molecule has 0 radical (unpaired) electrons. The second kappa shape index (κ2) is 5.52. The quantitative estimate of drug-likeness (QED) is 0.358. The lowest BCUT2D eigenvalue weighted by Crippen LogP contribution is -2.12. The van der Waals surface area contributed by atoms with Gasteiger partial charge in [-0.05, 0) is 19.1 Å². The van der Waals surface area contributed by atoms with Crippen LogP contribution in [-0.2, 0) is 4.79 Å². The van der Waals surface area contributed by atoms with Gasteiger partial charge in [0.15, 0.2) is 0 Å². The zero-order valence-electron chi connectivity index (χ0n) is 9.34. The summed E-state index contributed by atoms with van der Waals surface area (Å²) in [5.41, 5.74) is 6.43. The van der Waals surface area contributed by atoms with Crippen molar-refractivity contribution in [3.8, 4) is 6.07 Å². The number of aryl methyl sites for hydroxylation is 1. The fourth-order valence-corrected chi connectivity index (χ4v) is 1.16. The summed E-state index contributed by atoms with van der Waals surface area (Å²) in [6.07, 6.45) is 2.46. The van der Waals surface area contributed by atoms with Crippen LogP contribution in [0.5, 0.6) is 0 Å². The van der Waals surface area contributed by atoms with E-state index in [2.05, 4.69) is 0 Å². The number of hydrogen-bond acceptors (Lipinski definition) is 3. The lowest BCUT2D eigenvalue weighted by Gasteiger charge is -1.99. The molecule has 0 spiro atoms. The zero-order valence-corrected chi connectivity index (χ0v) is 9.34. The minimum Gasteiger partial charge on any atom is -0.507 e. The Morgan fingerprint density at radius 1 is 1.35 bits per heavy atom. The number of hydrogen-bond donors (Lipinski definition) is 2. The highest BCUT2D eigenvalue weighted by Crippen LogP contribution is 2.12. The number of rotatable bonds is 3. The van der Waals surface area contributed by atoms with Gasteiger partial charge >= 0.3 is 0 Å². The summed E-state index contributed by atoms with van der Waals surface area (Å²) in [6, 6.07) is 8.83. The Labute approximate surface area is 99.3 Å². The average Bonchev–Trinajstić information content (AvgIpc) is 2.30. The van der Waals surface area contributed by atoms with Crippen molar-refractivity contribution in [1.82, 2.24) is 0 Å². The van der Waals surface area contributed by atoms with Gasteiger partial charge < -0.3 is 10.8 Å². The largest absolute Gasteiger partial charge is 0.507 e. The number of carbonyl (C=O) groups excluding carboxylic acids is 1. The van der Waals surface area contributed by atoms with Gasteiger partial charge in [-0.15, -0.1) is 0 Å². The SMILES string of the molecule is Cc1ccc(C(O)=CC=C(C#N)C(N)=O)cc1. The second-order valence-electron chi connectivity index (χ2n) is 3.47. The van der Waals surface area contributed by atoms with Crippen LogP contribution in [-0.4, -0.2) is 11.0 Å². The molecule has 0 aliphatic rings. The first kappa shape index (κ1) is 12.5.